The van der Waals surface area contributed by atoms with E-state index in [0.717, 1.165) is 25.9 Å². The number of likely N-dealkylation sites (tertiary alicyclic amines) is 1. The van der Waals surface area contributed by atoms with Gasteiger partial charge < -0.3 is 4.90 Å². The van der Waals surface area contributed by atoms with Crippen LogP contribution in [-0.2, 0) is 6.54 Å². The average molecular weight is 281 g/mol. The van der Waals surface area contributed by atoms with Gasteiger partial charge in [0.2, 0.25) is 5.82 Å². The van der Waals surface area contributed by atoms with E-state index in [0.29, 0.717) is 18.2 Å². The van der Waals surface area contributed by atoms with E-state index in [1.54, 1.807) is 12.1 Å². The maximum atomic E-state index is 14.1. The Hall–Kier alpha value is -1.53. The molecule has 1 atom stereocenters. The van der Waals surface area contributed by atoms with Gasteiger partial charge in [0.05, 0.1) is 4.92 Å². The second-order valence-electron chi connectivity index (χ2n) is 5.50. The first-order chi connectivity index (χ1) is 9.49. The van der Waals surface area contributed by atoms with Gasteiger partial charge in [-0.2, -0.15) is 4.39 Å². The molecule has 0 radical (unpaired) electrons. The molecule has 1 aliphatic rings. The van der Waals surface area contributed by atoms with Gasteiger partial charge >= 0.3 is 5.69 Å². The summed E-state index contributed by atoms with van der Waals surface area (Å²) in [6.45, 7) is 2.21. The van der Waals surface area contributed by atoms with Crippen LogP contribution in [0.5, 0.6) is 0 Å². The summed E-state index contributed by atoms with van der Waals surface area (Å²) < 4.78 is 14.1. The molecule has 5 nitrogen and oxygen atoms in total. The van der Waals surface area contributed by atoms with Crippen LogP contribution in [0.2, 0.25) is 0 Å². The maximum Gasteiger partial charge on any atom is 0.305 e. The molecule has 1 aliphatic heterocycles. The second kappa shape index (κ2) is 6.28. The largest absolute Gasteiger partial charge is 0.305 e. The molecule has 1 aromatic carbocycles. The normalized spacial score (nSPS) is 20.3. The first-order valence-electron chi connectivity index (χ1n) is 6.79. The summed E-state index contributed by atoms with van der Waals surface area (Å²) in [6, 6.07) is 4.84. The van der Waals surface area contributed by atoms with Crippen molar-refractivity contribution in [2.45, 2.75) is 25.4 Å². The third-order valence-corrected chi connectivity index (χ3v) is 3.86. The van der Waals surface area contributed by atoms with Crippen LogP contribution in [0, 0.1) is 15.9 Å². The minimum atomic E-state index is -0.704. The molecule has 6 heteroatoms. The van der Waals surface area contributed by atoms with E-state index >= 15 is 0 Å². The van der Waals surface area contributed by atoms with Crippen LogP contribution in [0.15, 0.2) is 18.2 Å². The fraction of sp³-hybridized carbons (Fsp3) is 0.571. The number of likely N-dealkylation sites (N-methyl/N-ethyl adjacent to an activating group) is 1. The third kappa shape index (κ3) is 3.32. The minimum Gasteiger partial charge on any atom is -0.305 e. The van der Waals surface area contributed by atoms with Crippen LogP contribution in [-0.4, -0.2) is 47.9 Å². The highest BCUT2D eigenvalue weighted by molar-refractivity contribution is 5.36. The Labute approximate surface area is 118 Å². The Kier molecular flexibility index (Phi) is 4.67. The van der Waals surface area contributed by atoms with Crippen LogP contribution in [0.4, 0.5) is 10.1 Å². The maximum absolute atomic E-state index is 14.1. The number of halogens is 1. The lowest BCUT2D eigenvalue weighted by molar-refractivity contribution is -0.387. The summed E-state index contributed by atoms with van der Waals surface area (Å²) in [7, 11) is 4.09. The van der Waals surface area contributed by atoms with E-state index < -0.39 is 16.4 Å². The van der Waals surface area contributed by atoms with Gasteiger partial charge in [-0.15, -0.1) is 0 Å². The molecule has 1 unspecified atom stereocenters. The summed E-state index contributed by atoms with van der Waals surface area (Å²) in [4.78, 5) is 14.4. The van der Waals surface area contributed by atoms with E-state index in [4.69, 9.17) is 0 Å². The SMILES string of the molecule is CN(C)C1CCCN(Cc2cccc([N+](=O)[O-])c2F)C1. The number of hydrogen-bond donors (Lipinski definition) is 0. The lowest BCUT2D eigenvalue weighted by Crippen LogP contribution is -2.44. The summed E-state index contributed by atoms with van der Waals surface area (Å²) in [5.74, 6) is -0.704. The fourth-order valence-corrected chi connectivity index (χ4v) is 2.67. The van der Waals surface area contributed by atoms with E-state index in [2.05, 4.69) is 9.80 Å². The molecule has 2 rings (SSSR count). The van der Waals surface area contributed by atoms with Gasteiger partial charge in [0, 0.05) is 30.8 Å². The third-order valence-electron chi connectivity index (χ3n) is 3.86. The zero-order valence-electron chi connectivity index (χ0n) is 11.9. The fourth-order valence-electron chi connectivity index (χ4n) is 2.67. The van der Waals surface area contributed by atoms with Crippen molar-refractivity contribution in [3.8, 4) is 0 Å². The monoisotopic (exact) mass is 281 g/mol. The van der Waals surface area contributed by atoms with Crippen molar-refractivity contribution in [3.05, 3.63) is 39.7 Å². The van der Waals surface area contributed by atoms with E-state index in [9.17, 15) is 14.5 Å². The number of nitro groups is 1. The van der Waals surface area contributed by atoms with Crippen LogP contribution in [0.1, 0.15) is 18.4 Å². The van der Waals surface area contributed by atoms with Crippen molar-refractivity contribution in [3.63, 3.8) is 0 Å². The van der Waals surface area contributed by atoms with Gasteiger partial charge in [-0.1, -0.05) is 12.1 Å². The molecule has 1 fully saturated rings. The van der Waals surface area contributed by atoms with Gasteiger partial charge in [0.25, 0.3) is 0 Å². The molecule has 0 aliphatic carbocycles. The number of rotatable bonds is 4. The summed E-state index contributed by atoms with van der Waals surface area (Å²) in [6.07, 6.45) is 2.21. The highest BCUT2D eigenvalue weighted by Gasteiger charge is 2.24. The molecule has 0 bridgehead atoms. The molecule has 110 valence electrons. The van der Waals surface area contributed by atoms with Crippen molar-refractivity contribution in [2.75, 3.05) is 27.2 Å². The topological polar surface area (TPSA) is 49.6 Å². The van der Waals surface area contributed by atoms with Gasteiger partial charge in [-0.05, 0) is 33.5 Å². The van der Waals surface area contributed by atoms with Crippen molar-refractivity contribution in [2.24, 2.45) is 0 Å². The predicted octanol–water partition coefficient (Wildman–Crippen LogP) is 2.26. The van der Waals surface area contributed by atoms with Gasteiger partial charge in [-0.25, -0.2) is 0 Å². The summed E-state index contributed by atoms with van der Waals surface area (Å²) in [5.41, 5.74) is -0.0396. The first kappa shape index (κ1) is 14.9. The van der Waals surface area contributed by atoms with E-state index in [-0.39, 0.29) is 0 Å². The smallest absolute Gasteiger partial charge is 0.305 e. The standard InChI is InChI=1S/C14H20FN3O2/c1-16(2)12-6-4-8-17(10-12)9-11-5-3-7-13(14(11)15)18(19)20/h3,5,7,12H,4,6,8-10H2,1-2H3. The average Bonchev–Trinajstić information content (AvgIpc) is 2.41. The number of nitrogens with zero attached hydrogens (tertiary/aromatic N) is 3. The van der Waals surface area contributed by atoms with Crippen LogP contribution >= 0.6 is 0 Å². The van der Waals surface area contributed by atoms with Crippen molar-refractivity contribution in [1.29, 1.82) is 0 Å². The molecular formula is C14H20FN3O2. The molecule has 0 spiro atoms. The highest BCUT2D eigenvalue weighted by atomic mass is 19.1. The molecular weight excluding hydrogens is 261 g/mol. The van der Waals surface area contributed by atoms with Crippen molar-refractivity contribution < 1.29 is 9.31 Å². The zero-order chi connectivity index (χ0) is 14.7. The molecule has 1 heterocycles. The Morgan fingerprint density at radius 2 is 2.25 bits per heavy atom. The molecule has 0 saturated carbocycles. The Morgan fingerprint density at radius 1 is 1.50 bits per heavy atom. The Balaban J connectivity index is 2.10. The van der Waals surface area contributed by atoms with E-state index in [1.807, 2.05) is 14.1 Å². The van der Waals surface area contributed by atoms with Crippen LogP contribution in [0.3, 0.4) is 0 Å². The number of nitro benzene ring substituents is 1. The Morgan fingerprint density at radius 3 is 2.90 bits per heavy atom. The van der Waals surface area contributed by atoms with Crippen molar-refractivity contribution >= 4 is 5.69 Å². The van der Waals surface area contributed by atoms with Crippen molar-refractivity contribution in [1.82, 2.24) is 9.80 Å². The zero-order valence-corrected chi connectivity index (χ0v) is 11.9. The lowest BCUT2D eigenvalue weighted by Gasteiger charge is -2.36. The summed E-state index contributed by atoms with van der Waals surface area (Å²) in [5, 5.41) is 10.8. The van der Waals surface area contributed by atoms with Crippen LogP contribution < -0.4 is 0 Å². The molecule has 1 saturated heterocycles. The first-order valence-corrected chi connectivity index (χ1v) is 6.79. The minimum absolute atomic E-state index is 0.401. The predicted molar refractivity (Wildman–Crippen MR) is 75.0 cm³/mol. The molecule has 0 N–H and O–H groups in total. The van der Waals surface area contributed by atoms with Gasteiger partial charge in [0.15, 0.2) is 0 Å². The number of hydrogen-bond acceptors (Lipinski definition) is 4. The second-order valence-corrected chi connectivity index (χ2v) is 5.50. The van der Waals surface area contributed by atoms with E-state index in [1.165, 1.54) is 6.07 Å². The van der Waals surface area contributed by atoms with Gasteiger partial charge in [-0.3, -0.25) is 15.0 Å². The number of piperidine rings is 1. The Bertz CT molecular complexity index is 493. The quantitative estimate of drug-likeness (QED) is 0.627. The molecule has 0 amide bonds. The molecule has 20 heavy (non-hydrogen) atoms. The number of benzene rings is 1. The highest BCUT2D eigenvalue weighted by Crippen LogP contribution is 2.23. The van der Waals surface area contributed by atoms with Crippen LogP contribution in [0.25, 0.3) is 0 Å². The molecule has 1 aromatic rings. The summed E-state index contributed by atoms with van der Waals surface area (Å²) >= 11 is 0. The van der Waals surface area contributed by atoms with Gasteiger partial charge in [0.1, 0.15) is 0 Å². The lowest BCUT2D eigenvalue weighted by atomic mass is 10.0. The molecule has 0 aromatic heterocycles.